The van der Waals surface area contributed by atoms with Crippen LogP contribution >= 0.6 is 11.3 Å². The van der Waals surface area contributed by atoms with E-state index < -0.39 is 0 Å². The fraction of sp³-hybridized carbons (Fsp3) is 0.167. The summed E-state index contributed by atoms with van der Waals surface area (Å²) < 4.78 is 5.35. The molecule has 80 valence electrons. The SMILES string of the molecule is CCOc1ccc(-c2csc(C#N)n2)cc1. The fourth-order valence-corrected chi connectivity index (χ4v) is 1.96. The van der Waals surface area contributed by atoms with Gasteiger partial charge in [0.25, 0.3) is 0 Å². The van der Waals surface area contributed by atoms with Crippen LogP contribution in [-0.2, 0) is 0 Å². The van der Waals surface area contributed by atoms with Crippen LogP contribution in [-0.4, -0.2) is 11.6 Å². The van der Waals surface area contributed by atoms with Gasteiger partial charge in [0.15, 0.2) is 5.01 Å². The molecule has 0 unspecified atom stereocenters. The molecule has 0 N–H and O–H groups in total. The average Bonchev–Trinajstić information content (AvgIpc) is 2.79. The van der Waals surface area contributed by atoms with Gasteiger partial charge >= 0.3 is 0 Å². The van der Waals surface area contributed by atoms with Crippen molar-refractivity contribution >= 4 is 11.3 Å². The van der Waals surface area contributed by atoms with E-state index >= 15 is 0 Å². The first kappa shape index (κ1) is 10.7. The highest BCUT2D eigenvalue weighted by Gasteiger charge is 2.03. The summed E-state index contributed by atoms with van der Waals surface area (Å²) in [7, 11) is 0. The van der Waals surface area contributed by atoms with Crippen LogP contribution in [0.25, 0.3) is 11.3 Å². The summed E-state index contributed by atoms with van der Waals surface area (Å²) in [6.45, 7) is 2.61. The van der Waals surface area contributed by atoms with E-state index in [1.54, 1.807) is 0 Å². The Balaban J connectivity index is 2.24. The first-order chi connectivity index (χ1) is 7.83. The summed E-state index contributed by atoms with van der Waals surface area (Å²) in [6.07, 6.45) is 0. The Hall–Kier alpha value is -1.86. The molecule has 0 fully saturated rings. The van der Waals surface area contributed by atoms with Gasteiger partial charge in [-0.25, -0.2) is 4.98 Å². The maximum atomic E-state index is 8.69. The predicted octanol–water partition coefficient (Wildman–Crippen LogP) is 3.08. The number of thiazole rings is 1. The van der Waals surface area contributed by atoms with Crippen molar-refractivity contribution in [1.29, 1.82) is 5.26 Å². The lowest BCUT2D eigenvalue weighted by Gasteiger charge is -2.02. The molecule has 0 bridgehead atoms. The lowest BCUT2D eigenvalue weighted by atomic mass is 10.2. The first-order valence-electron chi connectivity index (χ1n) is 4.92. The van der Waals surface area contributed by atoms with Gasteiger partial charge in [-0.2, -0.15) is 5.26 Å². The second kappa shape index (κ2) is 4.77. The Bertz CT molecular complexity index is 511. The lowest BCUT2D eigenvalue weighted by molar-refractivity contribution is 0.340. The summed E-state index contributed by atoms with van der Waals surface area (Å²) in [5, 5.41) is 11.1. The summed E-state index contributed by atoms with van der Waals surface area (Å²) >= 11 is 1.36. The van der Waals surface area contributed by atoms with Gasteiger partial charge in [-0.1, -0.05) is 0 Å². The molecule has 0 aliphatic rings. The van der Waals surface area contributed by atoms with Crippen LogP contribution in [0.4, 0.5) is 0 Å². The smallest absolute Gasteiger partial charge is 0.194 e. The maximum absolute atomic E-state index is 8.69. The molecule has 16 heavy (non-hydrogen) atoms. The van der Waals surface area contributed by atoms with Crippen LogP contribution in [0.5, 0.6) is 5.75 Å². The first-order valence-corrected chi connectivity index (χ1v) is 5.80. The topological polar surface area (TPSA) is 45.9 Å². The fourth-order valence-electron chi connectivity index (χ4n) is 1.35. The van der Waals surface area contributed by atoms with Crippen LogP contribution in [0.3, 0.4) is 0 Å². The van der Waals surface area contributed by atoms with Gasteiger partial charge in [-0.3, -0.25) is 0 Å². The van der Waals surface area contributed by atoms with Crippen molar-refractivity contribution in [1.82, 2.24) is 4.98 Å². The van der Waals surface area contributed by atoms with E-state index in [0.717, 1.165) is 17.0 Å². The molecule has 0 saturated heterocycles. The minimum atomic E-state index is 0.490. The van der Waals surface area contributed by atoms with Crippen LogP contribution in [0.1, 0.15) is 11.9 Å². The van der Waals surface area contributed by atoms with Crippen molar-refractivity contribution < 1.29 is 4.74 Å². The van der Waals surface area contributed by atoms with E-state index in [1.165, 1.54) is 11.3 Å². The van der Waals surface area contributed by atoms with Gasteiger partial charge in [0.1, 0.15) is 11.8 Å². The molecule has 2 rings (SSSR count). The van der Waals surface area contributed by atoms with E-state index in [1.807, 2.05) is 42.6 Å². The highest BCUT2D eigenvalue weighted by atomic mass is 32.1. The molecule has 0 aliphatic heterocycles. The molecule has 0 amide bonds. The normalized spacial score (nSPS) is 9.75. The molecule has 0 atom stereocenters. The molecule has 0 aliphatic carbocycles. The second-order valence-corrected chi connectivity index (χ2v) is 3.97. The monoisotopic (exact) mass is 230 g/mol. The van der Waals surface area contributed by atoms with Crippen LogP contribution in [0.15, 0.2) is 29.6 Å². The number of benzene rings is 1. The highest BCUT2D eigenvalue weighted by Crippen LogP contribution is 2.23. The Labute approximate surface area is 97.9 Å². The zero-order valence-corrected chi connectivity index (χ0v) is 9.62. The standard InChI is InChI=1S/C12H10N2OS/c1-2-15-10-5-3-9(4-6-10)11-8-16-12(7-13)14-11/h3-6,8H,2H2,1H3. The van der Waals surface area contributed by atoms with Crippen LogP contribution in [0, 0.1) is 11.3 Å². The summed E-state index contributed by atoms with van der Waals surface area (Å²) in [5.41, 5.74) is 1.84. The van der Waals surface area contributed by atoms with Gasteiger partial charge < -0.3 is 4.74 Å². The Morgan fingerprint density at radius 3 is 2.69 bits per heavy atom. The third-order valence-electron chi connectivity index (χ3n) is 2.06. The number of nitrogens with zero attached hydrogens (tertiary/aromatic N) is 2. The number of rotatable bonds is 3. The number of nitriles is 1. The third kappa shape index (κ3) is 2.20. The molecule has 0 saturated carbocycles. The molecule has 3 nitrogen and oxygen atoms in total. The lowest BCUT2D eigenvalue weighted by Crippen LogP contribution is -1.90. The van der Waals surface area contributed by atoms with Gasteiger partial charge in [-0.15, -0.1) is 11.3 Å². The van der Waals surface area contributed by atoms with Crippen molar-refractivity contribution in [3.63, 3.8) is 0 Å². The molecule has 2 aromatic rings. The quantitative estimate of drug-likeness (QED) is 0.814. The van der Waals surface area contributed by atoms with Crippen molar-refractivity contribution in [2.45, 2.75) is 6.92 Å². The number of aromatic nitrogens is 1. The number of hydrogen-bond donors (Lipinski definition) is 0. The van der Waals surface area contributed by atoms with Crippen molar-refractivity contribution in [2.75, 3.05) is 6.61 Å². The second-order valence-electron chi connectivity index (χ2n) is 3.11. The maximum Gasteiger partial charge on any atom is 0.194 e. The highest BCUT2D eigenvalue weighted by molar-refractivity contribution is 7.10. The summed E-state index contributed by atoms with van der Waals surface area (Å²) in [5.74, 6) is 0.849. The van der Waals surface area contributed by atoms with Gasteiger partial charge in [0.2, 0.25) is 0 Å². The average molecular weight is 230 g/mol. The van der Waals surface area contributed by atoms with Crippen molar-refractivity contribution in [2.24, 2.45) is 0 Å². The van der Waals surface area contributed by atoms with E-state index in [-0.39, 0.29) is 0 Å². The zero-order valence-electron chi connectivity index (χ0n) is 8.80. The minimum absolute atomic E-state index is 0.490. The van der Waals surface area contributed by atoms with Gasteiger partial charge in [0, 0.05) is 10.9 Å². The molecular formula is C12H10N2OS. The van der Waals surface area contributed by atoms with Crippen LogP contribution in [0.2, 0.25) is 0 Å². The summed E-state index contributed by atoms with van der Waals surface area (Å²) in [6, 6.07) is 9.74. The van der Waals surface area contributed by atoms with Crippen molar-refractivity contribution in [3.8, 4) is 23.1 Å². The van der Waals surface area contributed by atoms with Gasteiger partial charge in [0.05, 0.1) is 12.3 Å². The van der Waals surface area contributed by atoms with E-state index in [4.69, 9.17) is 10.00 Å². The molecular weight excluding hydrogens is 220 g/mol. The minimum Gasteiger partial charge on any atom is -0.494 e. The predicted molar refractivity (Wildman–Crippen MR) is 63.4 cm³/mol. The molecule has 1 aromatic heterocycles. The molecule has 1 heterocycles. The Morgan fingerprint density at radius 1 is 1.38 bits per heavy atom. The van der Waals surface area contributed by atoms with E-state index in [0.29, 0.717) is 11.6 Å². The van der Waals surface area contributed by atoms with Gasteiger partial charge in [-0.05, 0) is 31.2 Å². The summed E-state index contributed by atoms with van der Waals surface area (Å²) in [4.78, 5) is 4.19. The molecule has 0 spiro atoms. The molecule has 0 radical (unpaired) electrons. The Morgan fingerprint density at radius 2 is 2.12 bits per heavy atom. The number of hydrogen-bond acceptors (Lipinski definition) is 4. The molecule has 1 aromatic carbocycles. The van der Waals surface area contributed by atoms with Crippen LogP contribution < -0.4 is 4.74 Å². The zero-order chi connectivity index (χ0) is 11.4. The molecule has 4 heteroatoms. The number of ether oxygens (including phenoxy) is 1. The van der Waals surface area contributed by atoms with Crippen molar-refractivity contribution in [3.05, 3.63) is 34.7 Å². The largest absolute Gasteiger partial charge is 0.494 e. The van der Waals surface area contributed by atoms with E-state index in [2.05, 4.69) is 4.98 Å². The third-order valence-corrected chi connectivity index (χ3v) is 2.81. The Kier molecular flexibility index (Phi) is 3.18. The van der Waals surface area contributed by atoms with E-state index in [9.17, 15) is 0 Å².